The highest BCUT2D eigenvalue weighted by atomic mass is 35.5. The molecule has 0 unspecified atom stereocenters. The van der Waals surface area contributed by atoms with E-state index in [9.17, 15) is 0 Å². The summed E-state index contributed by atoms with van der Waals surface area (Å²) in [5.74, 6) is -0.257. The Morgan fingerprint density at radius 1 is 1.17 bits per heavy atom. The summed E-state index contributed by atoms with van der Waals surface area (Å²) in [4.78, 5) is 14.3. The first-order chi connectivity index (χ1) is 17.4. The highest BCUT2D eigenvalue weighted by Gasteiger charge is 2.24. The summed E-state index contributed by atoms with van der Waals surface area (Å²) in [7, 11) is 3.93. The molecule has 0 saturated carbocycles. The van der Waals surface area contributed by atoms with E-state index in [1.54, 1.807) is 6.07 Å². The third kappa shape index (κ3) is 6.11. The second-order valence-electron chi connectivity index (χ2n) is 8.85. The summed E-state index contributed by atoms with van der Waals surface area (Å²) in [5, 5.41) is 1.29. The molecule has 36 heavy (non-hydrogen) atoms. The molecule has 2 heterocycles. The summed E-state index contributed by atoms with van der Waals surface area (Å²) in [5.41, 5.74) is 4.16. The van der Waals surface area contributed by atoms with Gasteiger partial charge in [-0.05, 0) is 31.7 Å². The highest BCUT2D eigenvalue weighted by molar-refractivity contribution is 8.13. The molecule has 0 spiro atoms. The second-order valence-corrected chi connectivity index (χ2v) is 10.0. The molecular weight excluding hydrogens is 499 g/mol. The summed E-state index contributed by atoms with van der Waals surface area (Å²) in [6, 6.07) is 10.6. The molecule has 0 radical (unpaired) electrons. The number of thioether (sulfide) groups is 1. The summed E-state index contributed by atoms with van der Waals surface area (Å²) in [6.07, 6.45) is 2.77. The predicted molar refractivity (Wildman–Crippen MR) is 148 cm³/mol. The molecule has 9 heteroatoms. The molecule has 2 aromatic carbocycles. The van der Waals surface area contributed by atoms with Gasteiger partial charge in [-0.15, -0.1) is 11.8 Å². The van der Waals surface area contributed by atoms with E-state index in [1.807, 2.05) is 56.4 Å². The third-order valence-corrected chi connectivity index (χ3v) is 7.27. The van der Waals surface area contributed by atoms with E-state index in [1.165, 1.54) is 17.8 Å². The van der Waals surface area contributed by atoms with E-state index in [2.05, 4.69) is 4.90 Å². The number of aliphatic imine (C=N–C) groups is 2. The lowest BCUT2D eigenvalue weighted by molar-refractivity contribution is 0.0357. The molecule has 2 aromatic rings. The number of morpholine rings is 1. The van der Waals surface area contributed by atoms with Crippen LogP contribution in [0.5, 0.6) is 5.75 Å². The molecular formula is C27H32ClFN4O2S. The lowest BCUT2D eigenvalue weighted by Crippen LogP contribution is -2.37. The monoisotopic (exact) mass is 530 g/mol. The van der Waals surface area contributed by atoms with E-state index in [0.717, 1.165) is 61.3 Å². The number of halogens is 2. The number of allylic oxidation sites excluding steroid dienone is 1. The molecule has 4 rings (SSSR count). The van der Waals surface area contributed by atoms with Crippen LogP contribution in [0.2, 0.25) is 5.02 Å². The Balaban J connectivity index is 1.71. The molecule has 6 nitrogen and oxygen atoms in total. The van der Waals surface area contributed by atoms with Crippen molar-refractivity contribution in [2.75, 3.05) is 59.8 Å². The fourth-order valence-electron chi connectivity index (χ4n) is 4.06. The number of benzene rings is 2. The van der Waals surface area contributed by atoms with Crippen molar-refractivity contribution >= 4 is 39.8 Å². The summed E-state index contributed by atoms with van der Waals surface area (Å²) in [6.45, 7) is 6.67. The zero-order chi connectivity index (χ0) is 25.7. The fraction of sp³-hybridized carbons (Fsp3) is 0.407. The van der Waals surface area contributed by atoms with E-state index in [4.69, 9.17) is 31.1 Å². The standard InChI is InChI=1S/C27H32ClFN4O2S/c1-18(32(2)3)25-27(36-4)30-23-17-24(35-13-7-10-33-11-14-34-15-12-33)22(29)16-20(23)26(31-25)19-8-5-6-9-21(19)28/h5-6,8-9,16-17H,7,10-15H2,1-4H3/b25-18-. The van der Waals surface area contributed by atoms with Crippen molar-refractivity contribution < 1.29 is 13.9 Å². The van der Waals surface area contributed by atoms with Crippen LogP contribution in [0.25, 0.3) is 0 Å². The smallest absolute Gasteiger partial charge is 0.165 e. The average molecular weight is 531 g/mol. The van der Waals surface area contributed by atoms with Gasteiger partial charge in [0, 0.05) is 61.6 Å². The molecule has 1 fully saturated rings. The normalized spacial score (nSPS) is 17.6. The van der Waals surface area contributed by atoms with Crippen molar-refractivity contribution in [3.63, 3.8) is 0 Å². The van der Waals surface area contributed by atoms with Crippen LogP contribution >= 0.6 is 23.4 Å². The van der Waals surface area contributed by atoms with Gasteiger partial charge in [0.05, 0.1) is 31.2 Å². The molecule has 0 atom stereocenters. The van der Waals surface area contributed by atoms with E-state index < -0.39 is 5.82 Å². The van der Waals surface area contributed by atoms with Gasteiger partial charge in [-0.25, -0.2) is 14.4 Å². The maximum atomic E-state index is 15.3. The zero-order valence-electron chi connectivity index (χ0n) is 21.2. The molecule has 1 saturated heterocycles. The van der Waals surface area contributed by atoms with Crippen LogP contribution in [-0.2, 0) is 4.74 Å². The molecule has 0 bridgehead atoms. The van der Waals surface area contributed by atoms with Crippen LogP contribution in [-0.4, -0.2) is 80.4 Å². The largest absolute Gasteiger partial charge is 0.490 e. The molecule has 0 aromatic heterocycles. The minimum Gasteiger partial charge on any atom is -0.490 e. The van der Waals surface area contributed by atoms with Gasteiger partial charge in [-0.2, -0.15) is 0 Å². The van der Waals surface area contributed by atoms with Crippen LogP contribution in [0, 0.1) is 5.82 Å². The Bertz CT molecular complexity index is 1190. The maximum Gasteiger partial charge on any atom is 0.165 e. The minimum absolute atomic E-state index is 0.190. The van der Waals surface area contributed by atoms with Gasteiger partial charge in [-0.3, -0.25) is 4.90 Å². The first-order valence-corrected chi connectivity index (χ1v) is 13.6. The van der Waals surface area contributed by atoms with Crippen LogP contribution in [0.15, 0.2) is 57.8 Å². The predicted octanol–water partition coefficient (Wildman–Crippen LogP) is 5.62. The number of fused-ring (bicyclic) bond motifs is 1. The van der Waals surface area contributed by atoms with Crippen molar-refractivity contribution in [3.8, 4) is 5.75 Å². The number of nitrogens with zero attached hydrogens (tertiary/aromatic N) is 4. The molecule has 192 valence electrons. The maximum absolute atomic E-state index is 15.3. The van der Waals surface area contributed by atoms with Crippen LogP contribution in [0.4, 0.5) is 10.1 Å². The Kier molecular flexibility index (Phi) is 9.06. The van der Waals surface area contributed by atoms with E-state index >= 15 is 4.39 Å². The number of ether oxygens (including phenoxy) is 2. The molecule has 2 aliphatic heterocycles. The van der Waals surface area contributed by atoms with Crippen molar-refractivity contribution in [2.45, 2.75) is 13.3 Å². The first kappa shape index (κ1) is 26.7. The lowest BCUT2D eigenvalue weighted by Gasteiger charge is -2.26. The van der Waals surface area contributed by atoms with Crippen molar-refractivity contribution in [1.29, 1.82) is 0 Å². The molecule has 0 N–H and O–H groups in total. The van der Waals surface area contributed by atoms with Gasteiger partial charge >= 0.3 is 0 Å². The molecule has 0 amide bonds. The lowest BCUT2D eigenvalue weighted by atomic mass is 10.00. The quantitative estimate of drug-likeness (QED) is 0.435. The van der Waals surface area contributed by atoms with Gasteiger partial charge in [0.25, 0.3) is 0 Å². The summed E-state index contributed by atoms with van der Waals surface area (Å²) >= 11 is 8.08. The first-order valence-electron chi connectivity index (χ1n) is 12.0. The third-order valence-electron chi connectivity index (χ3n) is 6.27. The van der Waals surface area contributed by atoms with Gasteiger partial charge in [-0.1, -0.05) is 29.8 Å². The number of rotatable bonds is 7. The fourth-order valence-corrected chi connectivity index (χ4v) is 4.86. The average Bonchev–Trinajstić information content (AvgIpc) is 3.03. The highest BCUT2D eigenvalue weighted by Crippen LogP contribution is 2.37. The number of hydrogen-bond acceptors (Lipinski definition) is 7. The Morgan fingerprint density at radius 3 is 2.61 bits per heavy atom. The zero-order valence-corrected chi connectivity index (χ0v) is 22.8. The summed E-state index contributed by atoms with van der Waals surface area (Å²) < 4.78 is 26.6. The topological polar surface area (TPSA) is 49.7 Å². The Morgan fingerprint density at radius 2 is 1.92 bits per heavy atom. The second kappa shape index (κ2) is 12.2. The van der Waals surface area contributed by atoms with Gasteiger partial charge in [0.2, 0.25) is 0 Å². The molecule has 2 aliphatic rings. The van der Waals surface area contributed by atoms with Crippen LogP contribution in [0.3, 0.4) is 0 Å². The number of hydrogen-bond donors (Lipinski definition) is 0. The van der Waals surface area contributed by atoms with E-state index in [-0.39, 0.29) is 5.75 Å². The van der Waals surface area contributed by atoms with E-state index in [0.29, 0.717) is 28.6 Å². The van der Waals surface area contributed by atoms with Gasteiger partial charge in [0.15, 0.2) is 11.6 Å². The Hall–Kier alpha value is -2.39. The van der Waals surface area contributed by atoms with Crippen LogP contribution < -0.4 is 4.74 Å². The van der Waals surface area contributed by atoms with Gasteiger partial charge < -0.3 is 14.4 Å². The van der Waals surface area contributed by atoms with Crippen molar-refractivity contribution in [1.82, 2.24) is 9.80 Å². The SMILES string of the molecule is CSC1=Nc2cc(OCCCN3CCOCC3)c(F)cc2C(c2ccccc2Cl)=N/C1=C(/C)N(C)C. The Labute approximate surface area is 221 Å². The minimum atomic E-state index is -0.447. The van der Waals surface area contributed by atoms with Crippen molar-refractivity contribution in [2.24, 2.45) is 9.98 Å². The van der Waals surface area contributed by atoms with Gasteiger partial charge in [0.1, 0.15) is 10.7 Å². The van der Waals surface area contributed by atoms with Crippen molar-refractivity contribution in [3.05, 3.63) is 69.8 Å². The van der Waals surface area contributed by atoms with Crippen LogP contribution in [0.1, 0.15) is 24.5 Å². The molecule has 0 aliphatic carbocycles.